The van der Waals surface area contributed by atoms with Crippen LogP contribution in [0.25, 0.3) is 5.57 Å². The number of allylic oxidation sites excluding steroid dienone is 3. The highest BCUT2D eigenvalue weighted by Gasteiger charge is 2.25. The predicted molar refractivity (Wildman–Crippen MR) is 56.8 cm³/mol. The minimum Gasteiger partial charge on any atom is -0.507 e. The highest BCUT2D eigenvalue weighted by molar-refractivity contribution is 6.35. The van der Waals surface area contributed by atoms with E-state index in [0.717, 1.165) is 12.2 Å². The second-order valence-corrected chi connectivity index (χ2v) is 3.30. The quantitative estimate of drug-likeness (QED) is 0.695. The molecule has 0 saturated carbocycles. The first-order valence-electron chi connectivity index (χ1n) is 4.59. The van der Waals surface area contributed by atoms with Gasteiger partial charge in [0, 0.05) is 5.56 Å². The fraction of sp³-hybridized carbons (Fsp3) is 0. The standard InChI is InChI=1S/C12H8O4/c13-8-4-2-1-3-7(8)11-9(14)5-6-10(15)12(11)16/h1-6,13,16H. The number of rotatable bonds is 1. The number of phenols is 1. The first kappa shape index (κ1) is 10.2. The van der Waals surface area contributed by atoms with Crippen LogP contribution in [-0.4, -0.2) is 21.8 Å². The fourth-order valence-electron chi connectivity index (χ4n) is 1.50. The second kappa shape index (κ2) is 3.66. The van der Waals surface area contributed by atoms with Gasteiger partial charge in [0.25, 0.3) is 0 Å². The number of benzene rings is 1. The lowest BCUT2D eigenvalue weighted by Crippen LogP contribution is -2.13. The normalized spacial score (nSPS) is 15.8. The Morgan fingerprint density at radius 2 is 1.50 bits per heavy atom. The maximum atomic E-state index is 11.5. The van der Waals surface area contributed by atoms with Crippen molar-refractivity contribution in [3.8, 4) is 5.75 Å². The molecule has 80 valence electrons. The Kier molecular flexibility index (Phi) is 2.32. The fourth-order valence-corrected chi connectivity index (χ4v) is 1.50. The van der Waals surface area contributed by atoms with E-state index >= 15 is 0 Å². The third kappa shape index (κ3) is 1.50. The lowest BCUT2D eigenvalue weighted by atomic mass is 9.94. The number of aromatic hydroxyl groups is 1. The molecule has 1 aromatic carbocycles. The summed E-state index contributed by atoms with van der Waals surface area (Å²) in [4.78, 5) is 22.7. The van der Waals surface area contributed by atoms with Crippen molar-refractivity contribution >= 4 is 17.1 Å². The van der Waals surface area contributed by atoms with Crippen LogP contribution in [-0.2, 0) is 9.59 Å². The molecule has 0 amide bonds. The molecule has 16 heavy (non-hydrogen) atoms. The van der Waals surface area contributed by atoms with Gasteiger partial charge in [-0.05, 0) is 18.2 Å². The summed E-state index contributed by atoms with van der Waals surface area (Å²) in [5.41, 5.74) is -0.00620. The van der Waals surface area contributed by atoms with Gasteiger partial charge in [-0.1, -0.05) is 18.2 Å². The van der Waals surface area contributed by atoms with Crippen molar-refractivity contribution in [2.45, 2.75) is 0 Å². The third-order valence-electron chi connectivity index (χ3n) is 2.28. The molecule has 0 aliphatic heterocycles. The molecule has 0 unspecified atom stereocenters. The summed E-state index contributed by atoms with van der Waals surface area (Å²) in [5, 5.41) is 19.1. The number of ketones is 2. The molecule has 0 heterocycles. The van der Waals surface area contributed by atoms with Crippen molar-refractivity contribution in [1.82, 2.24) is 0 Å². The van der Waals surface area contributed by atoms with E-state index in [-0.39, 0.29) is 16.9 Å². The van der Waals surface area contributed by atoms with Gasteiger partial charge in [-0.3, -0.25) is 9.59 Å². The van der Waals surface area contributed by atoms with Gasteiger partial charge in [0.2, 0.25) is 5.78 Å². The molecule has 0 saturated heterocycles. The number of aliphatic hydroxyl groups excluding tert-OH is 1. The molecule has 4 nitrogen and oxygen atoms in total. The number of carbonyl (C=O) groups is 2. The highest BCUT2D eigenvalue weighted by atomic mass is 16.3. The SMILES string of the molecule is O=C1C=CC(=O)C(c2ccccc2O)=C1O. The average molecular weight is 216 g/mol. The van der Waals surface area contributed by atoms with E-state index in [0.29, 0.717) is 0 Å². The topological polar surface area (TPSA) is 74.6 Å². The van der Waals surface area contributed by atoms with Crippen molar-refractivity contribution < 1.29 is 19.8 Å². The monoisotopic (exact) mass is 216 g/mol. The number of para-hydroxylation sites is 1. The lowest BCUT2D eigenvalue weighted by Gasteiger charge is -2.11. The Hall–Kier alpha value is -2.36. The summed E-state index contributed by atoms with van der Waals surface area (Å²) in [6.45, 7) is 0. The maximum Gasteiger partial charge on any atom is 0.221 e. The van der Waals surface area contributed by atoms with E-state index in [9.17, 15) is 19.8 Å². The van der Waals surface area contributed by atoms with Gasteiger partial charge in [-0.25, -0.2) is 0 Å². The van der Waals surface area contributed by atoms with Crippen molar-refractivity contribution in [2.24, 2.45) is 0 Å². The van der Waals surface area contributed by atoms with Crippen LogP contribution < -0.4 is 0 Å². The zero-order chi connectivity index (χ0) is 11.7. The summed E-state index contributed by atoms with van der Waals surface area (Å²) >= 11 is 0. The minimum atomic E-state index is -0.641. The molecule has 4 heteroatoms. The minimum absolute atomic E-state index is 0.152. The summed E-state index contributed by atoms with van der Waals surface area (Å²) in [5.74, 6) is -1.93. The Balaban J connectivity index is 2.64. The van der Waals surface area contributed by atoms with E-state index in [1.807, 2.05) is 0 Å². The van der Waals surface area contributed by atoms with E-state index in [1.165, 1.54) is 12.1 Å². The molecular weight excluding hydrogens is 208 g/mol. The molecule has 0 atom stereocenters. The van der Waals surface area contributed by atoms with Crippen LogP contribution in [0.3, 0.4) is 0 Å². The Morgan fingerprint density at radius 1 is 0.875 bits per heavy atom. The van der Waals surface area contributed by atoms with Crippen molar-refractivity contribution in [2.75, 3.05) is 0 Å². The molecule has 0 aromatic heterocycles. The maximum absolute atomic E-state index is 11.5. The number of phenolic OH excluding ortho intramolecular Hbond substituents is 1. The molecule has 0 spiro atoms. The summed E-state index contributed by atoms with van der Waals surface area (Å²) in [6.07, 6.45) is 2.07. The van der Waals surface area contributed by atoms with Crippen molar-refractivity contribution in [3.05, 3.63) is 47.7 Å². The van der Waals surface area contributed by atoms with Crippen molar-refractivity contribution in [1.29, 1.82) is 0 Å². The Bertz CT molecular complexity index is 538. The third-order valence-corrected chi connectivity index (χ3v) is 2.28. The number of carbonyl (C=O) groups excluding carboxylic acids is 2. The van der Waals surface area contributed by atoms with E-state index in [1.54, 1.807) is 12.1 Å². The van der Waals surface area contributed by atoms with Gasteiger partial charge in [0.1, 0.15) is 5.75 Å². The average Bonchev–Trinajstić information content (AvgIpc) is 2.27. The zero-order valence-corrected chi connectivity index (χ0v) is 8.18. The molecule has 1 aromatic rings. The lowest BCUT2D eigenvalue weighted by molar-refractivity contribution is -0.115. The van der Waals surface area contributed by atoms with E-state index in [2.05, 4.69) is 0 Å². The number of hydrogen-bond donors (Lipinski definition) is 2. The molecule has 0 fully saturated rings. The second-order valence-electron chi connectivity index (χ2n) is 3.30. The molecule has 1 aliphatic carbocycles. The van der Waals surface area contributed by atoms with Crippen LogP contribution in [0.2, 0.25) is 0 Å². The molecule has 2 N–H and O–H groups in total. The largest absolute Gasteiger partial charge is 0.507 e. The van der Waals surface area contributed by atoms with Gasteiger partial charge in [0.15, 0.2) is 11.5 Å². The van der Waals surface area contributed by atoms with Crippen LogP contribution >= 0.6 is 0 Å². The number of hydrogen-bond acceptors (Lipinski definition) is 4. The van der Waals surface area contributed by atoms with Crippen LogP contribution in [0.5, 0.6) is 5.75 Å². The van der Waals surface area contributed by atoms with E-state index < -0.39 is 17.3 Å². The summed E-state index contributed by atoms with van der Waals surface area (Å²) in [6, 6.07) is 6.03. The molecule has 0 bridgehead atoms. The molecule has 1 aliphatic rings. The van der Waals surface area contributed by atoms with Gasteiger partial charge in [-0.15, -0.1) is 0 Å². The van der Waals surface area contributed by atoms with Gasteiger partial charge in [-0.2, -0.15) is 0 Å². The summed E-state index contributed by atoms with van der Waals surface area (Å²) < 4.78 is 0. The highest BCUT2D eigenvalue weighted by Crippen LogP contribution is 2.29. The first-order valence-corrected chi connectivity index (χ1v) is 4.59. The number of aliphatic hydroxyl groups is 1. The zero-order valence-electron chi connectivity index (χ0n) is 8.18. The van der Waals surface area contributed by atoms with Crippen LogP contribution in [0, 0.1) is 0 Å². The van der Waals surface area contributed by atoms with Gasteiger partial charge < -0.3 is 10.2 Å². The van der Waals surface area contributed by atoms with Crippen LogP contribution in [0.15, 0.2) is 42.2 Å². The smallest absolute Gasteiger partial charge is 0.221 e. The Morgan fingerprint density at radius 3 is 2.19 bits per heavy atom. The Labute approximate surface area is 91.1 Å². The van der Waals surface area contributed by atoms with Gasteiger partial charge >= 0.3 is 0 Å². The molecular formula is C12H8O4. The first-order chi connectivity index (χ1) is 7.61. The van der Waals surface area contributed by atoms with E-state index in [4.69, 9.17) is 0 Å². The van der Waals surface area contributed by atoms with Crippen LogP contribution in [0.1, 0.15) is 5.56 Å². The molecule has 0 radical (unpaired) electrons. The van der Waals surface area contributed by atoms with Crippen molar-refractivity contribution in [3.63, 3.8) is 0 Å². The molecule has 2 rings (SSSR count). The van der Waals surface area contributed by atoms with Gasteiger partial charge in [0.05, 0.1) is 5.57 Å². The predicted octanol–water partition coefficient (Wildman–Crippen LogP) is 1.37. The van der Waals surface area contributed by atoms with Crippen LogP contribution in [0.4, 0.5) is 0 Å². The summed E-state index contributed by atoms with van der Waals surface area (Å²) in [7, 11) is 0.